The van der Waals surface area contributed by atoms with E-state index in [-0.39, 0.29) is 11.3 Å². The standard InChI is InChI=1S/C18H17N3O3S/c1-3-11(2)12-7-8-15-16(10-12)25-18(19-15)20-17(22)13-5-4-6-14(9-13)21(23)24/h4-11H,3H2,1-2H3,(H,19,20,22). The number of hydrogen-bond acceptors (Lipinski definition) is 5. The fourth-order valence-corrected chi connectivity index (χ4v) is 3.38. The quantitative estimate of drug-likeness (QED) is 0.517. The average Bonchev–Trinajstić information content (AvgIpc) is 3.02. The minimum Gasteiger partial charge on any atom is -0.298 e. The van der Waals surface area contributed by atoms with Crippen LogP contribution in [0.2, 0.25) is 0 Å². The van der Waals surface area contributed by atoms with Gasteiger partial charge in [0.05, 0.1) is 15.1 Å². The highest BCUT2D eigenvalue weighted by molar-refractivity contribution is 7.22. The van der Waals surface area contributed by atoms with Gasteiger partial charge in [0.2, 0.25) is 0 Å². The molecule has 3 rings (SSSR count). The second-order valence-corrected chi connectivity index (χ2v) is 6.85. The van der Waals surface area contributed by atoms with Gasteiger partial charge in [-0.3, -0.25) is 20.2 Å². The van der Waals surface area contributed by atoms with E-state index in [1.807, 2.05) is 6.07 Å². The molecule has 7 heteroatoms. The van der Waals surface area contributed by atoms with E-state index in [0.29, 0.717) is 11.0 Å². The van der Waals surface area contributed by atoms with Gasteiger partial charge in [-0.1, -0.05) is 37.3 Å². The molecule has 1 atom stereocenters. The number of hydrogen-bond donors (Lipinski definition) is 1. The van der Waals surface area contributed by atoms with Crippen LogP contribution in [0.5, 0.6) is 0 Å². The molecule has 0 radical (unpaired) electrons. The number of benzene rings is 2. The molecule has 25 heavy (non-hydrogen) atoms. The van der Waals surface area contributed by atoms with Crippen LogP contribution in [0.25, 0.3) is 10.2 Å². The van der Waals surface area contributed by atoms with Gasteiger partial charge < -0.3 is 0 Å². The van der Waals surface area contributed by atoms with Gasteiger partial charge in [0.25, 0.3) is 11.6 Å². The number of nitrogens with one attached hydrogen (secondary N) is 1. The van der Waals surface area contributed by atoms with Crippen LogP contribution in [0, 0.1) is 10.1 Å². The molecule has 1 unspecified atom stereocenters. The van der Waals surface area contributed by atoms with E-state index >= 15 is 0 Å². The van der Waals surface area contributed by atoms with Gasteiger partial charge >= 0.3 is 0 Å². The molecule has 0 saturated heterocycles. The molecule has 0 fully saturated rings. The summed E-state index contributed by atoms with van der Waals surface area (Å²) in [6.07, 6.45) is 1.06. The number of nitrogens with zero attached hydrogens (tertiary/aromatic N) is 2. The first-order valence-electron chi connectivity index (χ1n) is 7.94. The van der Waals surface area contributed by atoms with Crippen molar-refractivity contribution in [2.75, 3.05) is 5.32 Å². The van der Waals surface area contributed by atoms with Gasteiger partial charge in [0.15, 0.2) is 5.13 Å². The van der Waals surface area contributed by atoms with Crippen molar-refractivity contribution in [1.82, 2.24) is 4.98 Å². The lowest BCUT2D eigenvalue weighted by Crippen LogP contribution is -2.11. The molecule has 6 nitrogen and oxygen atoms in total. The normalized spacial score (nSPS) is 12.1. The van der Waals surface area contributed by atoms with E-state index in [0.717, 1.165) is 16.6 Å². The third kappa shape index (κ3) is 3.66. The van der Waals surface area contributed by atoms with Crippen molar-refractivity contribution in [3.05, 3.63) is 63.7 Å². The predicted molar refractivity (Wildman–Crippen MR) is 99.4 cm³/mol. The molecule has 0 aliphatic rings. The molecular formula is C18H17N3O3S. The minimum absolute atomic E-state index is 0.116. The lowest BCUT2D eigenvalue weighted by Gasteiger charge is -2.07. The van der Waals surface area contributed by atoms with Crippen LogP contribution in [-0.2, 0) is 0 Å². The van der Waals surface area contributed by atoms with Crippen molar-refractivity contribution >= 4 is 38.3 Å². The Morgan fingerprint density at radius 1 is 1.32 bits per heavy atom. The predicted octanol–water partition coefficient (Wildman–Crippen LogP) is 4.97. The summed E-state index contributed by atoms with van der Waals surface area (Å²) in [6.45, 7) is 4.32. The van der Waals surface area contributed by atoms with Crippen LogP contribution in [-0.4, -0.2) is 15.8 Å². The Morgan fingerprint density at radius 3 is 2.84 bits per heavy atom. The molecule has 0 saturated carbocycles. The number of fused-ring (bicyclic) bond motifs is 1. The summed E-state index contributed by atoms with van der Waals surface area (Å²) in [5.74, 6) is 0.0549. The van der Waals surface area contributed by atoms with Crippen molar-refractivity contribution < 1.29 is 9.72 Å². The number of carbonyl (C=O) groups excluding carboxylic acids is 1. The summed E-state index contributed by atoms with van der Waals surface area (Å²) < 4.78 is 1.01. The monoisotopic (exact) mass is 355 g/mol. The van der Waals surface area contributed by atoms with Crippen LogP contribution in [0.3, 0.4) is 0 Å². The number of aromatic nitrogens is 1. The molecule has 1 amide bonds. The molecule has 3 aromatic rings. The maximum atomic E-state index is 12.3. The topological polar surface area (TPSA) is 85.1 Å². The molecule has 128 valence electrons. The summed E-state index contributed by atoms with van der Waals surface area (Å²) >= 11 is 1.40. The molecule has 0 aliphatic carbocycles. The SMILES string of the molecule is CCC(C)c1ccc2nc(NC(=O)c3cccc([N+](=O)[O-])c3)sc2c1. The van der Waals surface area contributed by atoms with Crippen molar-refractivity contribution in [3.63, 3.8) is 0 Å². The summed E-state index contributed by atoms with van der Waals surface area (Å²) in [5.41, 5.74) is 2.19. The number of carbonyl (C=O) groups is 1. The fraction of sp³-hybridized carbons (Fsp3) is 0.222. The second kappa shape index (κ2) is 6.98. The van der Waals surface area contributed by atoms with Gasteiger partial charge in [-0.2, -0.15) is 0 Å². The lowest BCUT2D eigenvalue weighted by molar-refractivity contribution is -0.384. The Morgan fingerprint density at radius 2 is 2.12 bits per heavy atom. The Labute approximate surface area is 148 Å². The van der Waals surface area contributed by atoms with E-state index in [1.54, 1.807) is 0 Å². The minimum atomic E-state index is -0.523. The van der Waals surface area contributed by atoms with E-state index < -0.39 is 10.8 Å². The van der Waals surface area contributed by atoms with E-state index in [1.165, 1.54) is 41.2 Å². The van der Waals surface area contributed by atoms with Gasteiger partial charge in [0.1, 0.15) is 0 Å². The molecular weight excluding hydrogens is 338 g/mol. The van der Waals surface area contributed by atoms with Crippen molar-refractivity contribution in [2.45, 2.75) is 26.2 Å². The molecule has 1 aromatic heterocycles. The van der Waals surface area contributed by atoms with Gasteiger partial charge in [-0.25, -0.2) is 4.98 Å². The van der Waals surface area contributed by atoms with E-state index in [4.69, 9.17) is 0 Å². The maximum absolute atomic E-state index is 12.3. The highest BCUT2D eigenvalue weighted by Gasteiger charge is 2.14. The number of thiazole rings is 1. The first-order chi connectivity index (χ1) is 12.0. The third-order valence-corrected chi connectivity index (χ3v) is 5.07. The van der Waals surface area contributed by atoms with Crippen molar-refractivity contribution in [2.24, 2.45) is 0 Å². The highest BCUT2D eigenvalue weighted by atomic mass is 32.1. The molecule has 0 bridgehead atoms. The molecule has 0 spiro atoms. The number of rotatable bonds is 5. The first-order valence-corrected chi connectivity index (χ1v) is 8.76. The third-order valence-electron chi connectivity index (χ3n) is 4.13. The fourth-order valence-electron chi connectivity index (χ4n) is 2.47. The summed E-state index contributed by atoms with van der Waals surface area (Å²) in [5, 5.41) is 14.0. The molecule has 1 heterocycles. The van der Waals surface area contributed by atoms with Crippen molar-refractivity contribution in [1.29, 1.82) is 0 Å². The second-order valence-electron chi connectivity index (χ2n) is 5.82. The number of nitro groups is 1. The van der Waals surface area contributed by atoms with Crippen LogP contribution in [0.4, 0.5) is 10.8 Å². The molecule has 0 aliphatic heterocycles. The number of non-ortho nitro benzene ring substituents is 1. The van der Waals surface area contributed by atoms with Crippen LogP contribution < -0.4 is 5.32 Å². The van der Waals surface area contributed by atoms with Crippen LogP contribution in [0.15, 0.2) is 42.5 Å². The summed E-state index contributed by atoms with van der Waals surface area (Å²) in [4.78, 5) is 27.0. The Bertz CT molecular complexity index is 952. The zero-order chi connectivity index (χ0) is 18.0. The van der Waals surface area contributed by atoms with Crippen molar-refractivity contribution in [3.8, 4) is 0 Å². The van der Waals surface area contributed by atoms with E-state index in [9.17, 15) is 14.9 Å². The van der Waals surface area contributed by atoms with Crippen LogP contribution in [0.1, 0.15) is 42.1 Å². The summed E-state index contributed by atoms with van der Waals surface area (Å²) in [6, 6.07) is 11.7. The number of nitro benzene ring substituents is 1. The molecule has 1 N–H and O–H groups in total. The summed E-state index contributed by atoms with van der Waals surface area (Å²) in [7, 11) is 0. The van der Waals surface area contributed by atoms with Crippen LogP contribution >= 0.6 is 11.3 Å². The average molecular weight is 355 g/mol. The Balaban J connectivity index is 1.84. The lowest BCUT2D eigenvalue weighted by atomic mass is 9.99. The van der Waals surface area contributed by atoms with E-state index in [2.05, 4.69) is 36.3 Å². The Kier molecular flexibility index (Phi) is 4.76. The number of anilines is 1. The zero-order valence-corrected chi connectivity index (χ0v) is 14.7. The van der Waals surface area contributed by atoms with Gasteiger partial charge in [-0.15, -0.1) is 0 Å². The maximum Gasteiger partial charge on any atom is 0.270 e. The number of amides is 1. The van der Waals surface area contributed by atoms with Gasteiger partial charge in [0, 0.05) is 17.7 Å². The largest absolute Gasteiger partial charge is 0.298 e. The Hall–Kier alpha value is -2.80. The zero-order valence-electron chi connectivity index (χ0n) is 13.9. The van der Waals surface area contributed by atoms with Gasteiger partial charge in [-0.05, 0) is 36.1 Å². The smallest absolute Gasteiger partial charge is 0.270 e. The highest BCUT2D eigenvalue weighted by Crippen LogP contribution is 2.30. The first kappa shape index (κ1) is 17.0. The molecule has 2 aromatic carbocycles.